The topological polar surface area (TPSA) is 69.0 Å². The maximum absolute atomic E-state index is 14.6. The zero-order chi connectivity index (χ0) is 25.9. The van der Waals surface area contributed by atoms with E-state index in [1.54, 1.807) is 30.0 Å². The summed E-state index contributed by atoms with van der Waals surface area (Å²) in [4.78, 5) is 2.09. The summed E-state index contributed by atoms with van der Waals surface area (Å²) in [5, 5.41) is 15.5. The molecule has 1 unspecified atom stereocenters. The monoisotopic (exact) mass is 499 g/mol. The lowest BCUT2D eigenvalue weighted by atomic mass is 10.1. The maximum atomic E-state index is 14.6. The van der Waals surface area contributed by atoms with Crippen molar-refractivity contribution in [3.8, 4) is 17.3 Å². The molecule has 0 aliphatic carbocycles. The number of rotatable bonds is 15. The molecule has 1 N–H and O–H groups in total. The molecule has 7 nitrogen and oxygen atoms in total. The molecule has 196 valence electrons. The minimum Gasteiger partial charge on any atom is -0.435 e. The van der Waals surface area contributed by atoms with Gasteiger partial charge < -0.3 is 19.3 Å². The van der Waals surface area contributed by atoms with E-state index >= 15 is 0 Å². The smallest absolute Gasteiger partial charge is 0.227 e. The van der Waals surface area contributed by atoms with Gasteiger partial charge in [-0.25, -0.2) is 9.07 Å². The minimum absolute atomic E-state index is 0.129. The second-order valence-electron chi connectivity index (χ2n) is 9.18. The van der Waals surface area contributed by atoms with Crippen LogP contribution in [0.15, 0.2) is 54.6 Å². The van der Waals surface area contributed by atoms with Crippen molar-refractivity contribution in [2.24, 2.45) is 5.92 Å². The van der Waals surface area contributed by atoms with Gasteiger partial charge in [0.15, 0.2) is 11.6 Å². The summed E-state index contributed by atoms with van der Waals surface area (Å²) in [7, 11) is 1.65. The average molecular weight is 500 g/mol. The molecule has 0 saturated heterocycles. The predicted molar refractivity (Wildman–Crippen MR) is 138 cm³/mol. The average Bonchev–Trinajstić information content (AvgIpc) is 3.21. The number of ether oxygens (including phenoxy) is 3. The molecule has 0 bridgehead atoms. The third kappa shape index (κ3) is 7.86. The number of nitrogens with zero attached hydrogens (tertiary/aromatic N) is 3. The number of benzene rings is 2. The van der Waals surface area contributed by atoms with E-state index in [0.717, 1.165) is 16.9 Å². The molecule has 0 aliphatic heterocycles. The zero-order valence-electron chi connectivity index (χ0n) is 21.7. The highest BCUT2D eigenvalue weighted by Crippen LogP contribution is 2.33. The number of para-hydroxylation sites is 2. The second kappa shape index (κ2) is 14.1. The Kier molecular flexibility index (Phi) is 10.9. The lowest BCUT2D eigenvalue weighted by molar-refractivity contribution is 0.00323. The third-order valence-electron chi connectivity index (χ3n) is 5.62. The first kappa shape index (κ1) is 27.8. The molecule has 0 saturated carbocycles. The van der Waals surface area contributed by atoms with E-state index < -0.39 is 11.9 Å². The van der Waals surface area contributed by atoms with Gasteiger partial charge >= 0.3 is 0 Å². The van der Waals surface area contributed by atoms with Crippen molar-refractivity contribution in [3.05, 3.63) is 71.7 Å². The molecule has 0 radical (unpaired) electrons. The predicted octanol–water partition coefficient (Wildman–Crippen LogP) is 4.85. The number of hydrogen-bond acceptors (Lipinski definition) is 6. The van der Waals surface area contributed by atoms with Crippen LogP contribution in [0.5, 0.6) is 11.6 Å². The molecule has 36 heavy (non-hydrogen) atoms. The summed E-state index contributed by atoms with van der Waals surface area (Å²) in [5.74, 6) is 0.534. The van der Waals surface area contributed by atoms with E-state index in [-0.39, 0.29) is 12.4 Å². The van der Waals surface area contributed by atoms with Gasteiger partial charge in [-0.15, -0.1) is 0 Å². The Balaban J connectivity index is 1.94. The summed E-state index contributed by atoms with van der Waals surface area (Å²) < 4.78 is 33.5. The third-order valence-corrected chi connectivity index (χ3v) is 5.62. The van der Waals surface area contributed by atoms with Crippen LogP contribution in [0, 0.1) is 11.7 Å². The minimum atomic E-state index is -0.661. The fraction of sp³-hybridized carbons (Fsp3) is 0.464. The molecule has 1 atom stereocenters. The van der Waals surface area contributed by atoms with Crippen molar-refractivity contribution in [3.63, 3.8) is 0 Å². The molecule has 3 aromatic rings. The summed E-state index contributed by atoms with van der Waals surface area (Å²) in [6.07, 6.45) is 0.00632. The second-order valence-corrected chi connectivity index (χ2v) is 9.18. The highest BCUT2D eigenvalue weighted by molar-refractivity contribution is 5.44. The first-order chi connectivity index (χ1) is 17.4. The highest BCUT2D eigenvalue weighted by Gasteiger charge is 2.24. The van der Waals surface area contributed by atoms with Crippen LogP contribution in [-0.4, -0.2) is 65.9 Å². The van der Waals surface area contributed by atoms with Gasteiger partial charge in [-0.2, -0.15) is 5.10 Å². The fourth-order valence-electron chi connectivity index (χ4n) is 3.87. The van der Waals surface area contributed by atoms with Crippen molar-refractivity contribution >= 4 is 0 Å². The first-order valence-corrected chi connectivity index (χ1v) is 12.5. The molecular weight excluding hydrogens is 461 g/mol. The zero-order valence-corrected chi connectivity index (χ0v) is 21.7. The number of methoxy groups -OCH3 is 1. The standard InChI is InChI=1S/C28H38FN3O4/c1-5-26-24(18-31(15-16-34-4)17-23(33)20-35-19-21(2)3)28(36-27-14-10-9-13-25(27)29)32(30-26)22-11-7-6-8-12-22/h6-14,21,23,33H,5,15-20H2,1-4H3. The van der Waals surface area contributed by atoms with Crippen LogP contribution in [0.3, 0.4) is 0 Å². The number of aliphatic hydroxyl groups excluding tert-OH is 1. The molecule has 0 spiro atoms. The van der Waals surface area contributed by atoms with Crippen molar-refractivity contribution in [1.29, 1.82) is 0 Å². The maximum Gasteiger partial charge on any atom is 0.227 e. The van der Waals surface area contributed by atoms with Gasteiger partial charge in [-0.1, -0.05) is 51.1 Å². The summed E-state index contributed by atoms with van der Waals surface area (Å²) in [6, 6.07) is 16.0. The van der Waals surface area contributed by atoms with Gasteiger partial charge in [0.05, 0.1) is 36.3 Å². The van der Waals surface area contributed by atoms with Crippen LogP contribution in [0.4, 0.5) is 4.39 Å². The van der Waals surface area contributed by atoms with E-state index in [1.165, 1.54) is 6.07 Å². The summed E-state index contributed by atoms with van der Waals surface area (Å²) in [5.41, 5.74) is 2.50. The Bertz CT molecular complexity index is 1060. The lowest BCUT2D eigenvalue weighted by Crippen LogP contribution is -2.37. The lowest BCUT2D eigenvalue weighted by Gasteiger charge is -2.25. The highest BCUT2D eigenvalue weighted by atomic mass is 19.1. The molecule has 1 aromatic heterocycles. The fourth-order valence-corrected chi connectivity index (χ4v) is 3.87. The Morgan fingerprint density at radius 3 is 2.44 bits per heavy atom. The van der Waals surface area contributed by atoms with Gasteiger partial charge in [0, 0.05) is 33.4 Å². The Morgan fingerprint density at radius 2 is 1.78 bits per heavy atom. The number of halogens is 1. The molecular formula is C28H38FN3O4. The Morgan fingerprint density at radius 1 is 1.06 bits per heavy atom. The quantitative estimate of drug-likeness (QED) is 0.323. The van der Waals surface area contributed by atoms with Crippen molar-refractivity contribution in [1.82, 2.24) is 14.7 Å². The summed E-state index contributed by atoms with van der Waals surface area (Å²) in [6.45, 7) is 8.96. The first-order valence-electron chi connectivity index (χ1n) is 12.5. The van der Waals surface area contributed by atoms with Crippen molar-refractivity contribution in [2.45, 2.75) is 39.8 Å². The normalized spacial score (nSPS) is 12.4. The Labute approximate surface area is 213 Å². The van der Waals surface area contributed by atoms with E-state index in [1.807, 2.05) is 37.3 Å². The van der Waals surface area contributed by atoms with Crippen LogP contribution in [0.2, 0.25) is 0 Å². The molecule has 8 heteroatoms. The molecule has 1 heterocycles. The molecule has 0 aliphatic rings. The molecule has 3 rings (SSSR count). The van der Waals surface area contributed by atoms with E-state index in [0.29, 0.717) is 51.1 Å². The number of hydrogen-bond donors (Lipinski definition) is 1. The van der Waals surface area contributed by atoms with Gasteiger partial charge in [-0.3, -0.25) is 4.90 Å². The van der Waals surface area contributed by atoms with Gasteiger partial charge in [0.25, 0.3) is 0 Å². The van der Waals surface area contributed by atoms with Gasteiger partial charge in [0.2, 0.25) is 5.88 Å². The molecule has 0 amide bonds. The van der Waals surface area contributed by atoms with E-state index in [9.17, 15) is 9.50 Å². The van der Waals surface area contributed by atoms with Crippen molar-refractivity contribution < 1.29 is 23.7 Å². The van der Waals surface area contributed by atoms with E-state index in [4.69, 9.17) is 19.3 Å². The SMILES string of the molecule is CCc1nn(-c2ccccc2)c(Oc2ccccc2F)c1CN(CCOC)CC(O)COCC(C)C. The van der Waals surface area contributed by atoms with Gasteiger partial charge in [0.1, 0.15) is 0 Å². The Hall–Kier alpha value is -2.78. The molecule has 2 aromatic carbocycles. The number of aryl methyl sites for hydroxylation is 1. The van der Waals surface area contributed by atoms with E-state index in [2.05, 4.69) is 18.7 Å². The van der Waals surface area contributed by atoms with Crippen LogP contribution >= 0.6 is 0 Å². The largest absolute Gasteiger partial charge is 0.435 e. The van der Waals surface area contributed by atoms with Gasteiger partial charge in [-0.05, 0) is 36.6 Å². The van der Waals surface area contributed by atoms with Crippen LogP contribution in [0.25, 0.3) is 5.69 Å². The van der Waals surface area contributed by atoms with Crippen LogP contribution in [0.1, 0.15) is 32.0 Å². The number of aliphatic hydroxyl groups is 1. The van der Waals surface area contributed by atoms with Crippen molar-refractivity contribution in [2.75, 3.05) is 40.0 Å². The summed E-state index contributed by atoms with van der Waals surface area (Å²) >= 11 is 0. The molecule has 0 fully saturated rings. The van der Waals surface area contributed by atoms with Crippen LogP contribution < -0.4 is 4.74 Å². The number of aromatic nitrogens is 2. The van der Waals surface area contributed by atoms with Crippen LogP contribution in [-0.2, 0) is 22.4 Å².